The van der Waals surface area contributed by atoms with Gasteiger partial charge in [0.1, 0.15) is 11.6 Å². The van der Waals surface area contributed by atoms with Gasteiger partial charge >= 0.3 is 0 Å². The standard InChI is InChI=1S/C21H23N3O3S/c1-27-9-8-23-21(26)5-7-22-20-13-17(16-6-10-28-14-16)12-19(24-20)15-3-2-4-18(25)11-15/h2-4,6,10-14,25H,5,7-9H2,1H3,(H,22,24)(H,23,26). The van der Waals surface area contributed by atoms with E-state index in [4.69, 9.17) is 4.74 Å². The number of hydrogen-bond donors (Lipinski definition) is 3. The molecule has 0 atom stereocenters. The summed E-state index contributed by atoms with van der Waals surface area (Å²) in [6, 6.07) is 13.0. The third-order valence-corrected chi connectivity index (χ3v) is 4.79. The molecule has 6 nitrogen and oxygen atoms in total. The molecule has 0 fully saturated rings. The van der Waals surface area contributed by atoms with Gasteiger partial charge in [-0.3, -0.25) is 4.79 Å². The van der Waals surface area contributed by atoms with Gasteiger partial charge in [0.15, 0.2) is 0 Å². The van der Waals surface area contributed by atoms with Gasteiger partial charge in [-0.2, -0.15) is 11.3 Å². The molecule has 0 radical (unpaired) electrons. The molecule has 3 aromatic rings. The molecule has 3 N–H and O–H groups in total. The minimum absolute atomic E-state index is 0.0354. The zero-order valence-corrected chi connectivity index (χ0v) is 16.5. The summed E-state index contributed by atoms with van der Waals surface area (Å²) in [6.07, 6.45) is 0.343. The van der Waals surface area contributed by atoms with Crippen molar-refractivity contribution in [2.45, 2.75) is 6.42 Å². The maximum Gasteiger partial charge on any atom is 0.221 e. The number of hydrogen-bond acceptors (Lipinski definition) is 6. The van der Waals surface area contributed by atoms with Crippen LogP contribution in [0.4, 0.5) is 5.82 Å². The molecule has 146 valence electrons. The largest absolute Gasteiger partial charge is 0.508 e. The van der Waals surface area contributed by atoms with Crippen molar-refractivity contribution in [3.63, 3.8) is 0 Å². The maximum absolute atomic E-state index is 11.8. The topological polar surface area (TPSA) is 83.5 Å². The number of phenols is 1. The molecule has 2 aromatic heterocycles. The Labute approximate surface area is 168 Å². The van der Waals surface area contributed by atoms with E-state index >= 15 is 0 Å². The van der Waals surface area contributed by atoms with Gasteiger partial charge in [-0.15, -0.1) is 0 Å². The normalized spacial score (nSPS) is 10.6. The van der Waals surface area contributed by atoms with Gasteiger partial charge in [0, 0.05) is 32.2 Å². The molecule has 0 aliphatic carbocycles. The Balaban J connectivity index is 1.75. The fourth-order valence-corrected chi connectivity index (χ4v) is 3.38. The lowest BCUT2D eigenvalue weighted by atomic mass is 10.1. The van der Waals surface area contributed by atoms with Crippen LogP contribution < -0.4 is 10.6 Å². The summed E-state index contributed by atoms with van der Waals surface area (Å²) in [4.78, 5) is 16.5. The lowest BCUT2D eigenvalue weighted by Gasteiger charge is -2.11. The van der Waals surface area contributed by atoms with Crippen molar-refractivity contribution >= 4 is 23.1 Å². The Morgan fingerprint density at radius 1 is 1.14 bits per heavy atom. The second-order valence-corrected chi connectivity index (χ2v) is 6.99. The van der Waals surface area contributed by atoms with Crippen LogP contribution in [0.2, 0.25) is 0 Å². The second-order valence-electron chi connectivity index (χ2n) is 6.21. The molecule has 0 aliphatic rings. The monoisotopic (exact) mass is 397 g/mol. The number of nitrogens with one attached hydrogen (secondary N) is 2. The van der Waals surface area contributed by atoms with Crippen LogP contribution in [0.5, 0.6) is 5.75 Å². The van der Waals surface area contributed by atoms with Crippen LogP contribution in [0.1, 0.15) is 6.42 Å². The lowest BCUT2D eigenvalue weighted by Crippen LogP contribution is -2.28. The molecule has 3 rings (SSSR count). The van der Waals surface area contributed by atoms with Gasteiger partial charge in [0.2, 0.25) is 5.91 Å². The van der Waals surface area contributed by atoms with Crippen LogP contribution in [0.25, 0.3) is 22.4 Å². The summed E-state index contributed by atoms with van der Waals surface area (Å²) >= 11 is 1.63. The Morgan fingerprint density at radius 2 is 2.04 bits per heavy atom. The van der Waals surface area contributed by atoms with E-state index < -0.39 is 0 Å². The van der Waals surface area contributed by atoms with E-state index in [1.165, 1.54) is 0 Å². The summed E-state index contributed by atoms with van der Waals surface area (Å²) in [5.41, 5.74) is 3.72. The average Bonchev–Trinajstić information content (AvgIpc) is 3.23. The summed E-state index contributed by atoms with van der Waals surface area (Å²) in [7, 11) is 1.60. The predicted octanol–water partition coefficient (Wildman–Crippen LogP) is 3.75. The third-order valence-electron chi connectivity index (χ3n) is 4.11. The third kappa shape index (κ3) is 5.55. The van der Waals surface area contributed by atoms with E-state index in [0.29, 0.717) is 31.9 Å². The van der Waals surface area contributed by atoms with Crippen LogP contribution in [0.3, 0.4) is 0 Å². The number of rotatable bonds is 9. The number of anilines is 1. The smallest absolute Gasteiger partial charge is 0.221 e. The van der Waals surface area contributed by atoms with Crippen LogP contribution in [0, 0.1) is 0 Å². The van der Waals surface area contributed by atoms with Crippen molar-refractivity contribution in [3.05, 3.63) is 53.2 Å². The van der Waals surface area contributed by atoms with E-state index in [-0.39, 0.29) is 11.7 Å². The van der Waals surface area contributed by atoms with E-state index in [2.05, 4.69) is 27.1 Å². The predicted molar refractivity (Wildman–Crippen MR) is 113 cm³/mol. The number of ether oxygens (including phenoxy) is 1. The number of carbonyl (C=O) groups excluding carboxylic acids is 1. The number of thiophene rings is 1. The van der Waals surface area contributed by atoms with E-state index in [9.17, 15) is 9.90 Å². The molecule has 0 unspecified atom stereocenters. The number of aromatic hydroxyl groups is 1. The minimum Gasteiger partial charge on any atom is -0.508 e. The molecule has 0 bridgehead atoms. The highest BCUT2D eigenvalue weighted by Crippen LogP contribution is 2.30. The number of methoxy groups -OCH3 is 1. The van der Waals surface area contributed by atoms with Crippen LogP contribution in [-0.2, 0) is 9.53 Å². The number of pyridine rings is 1. The molecule has 1 aromatic carbocycles. The van der Waals surface area contributed by atoms with Gasteiger partial charge in [0.25, 0.3) is 0 Å². The zero-order valence-electron chi connectivity index (χ0n) is 15.6. The number of amides is 1. The lowest BCUT2D eigenvalue weighted by molar-refractivity contribution is -0.121. The summed E-state index contributed by atoms with van der Waals surface area (Å²) in [5.74, 6) is 0.848. The highest BCUT2D eigenvalue weighted by atomic mass is 32.1. The van der Waals surface area contributed by atoms with Gasteiger partial charge in [-0.05, 0) is 52.2 Å². The first-order valence-electron chi connectivity index (χ1n) is 8.99. The number of aromatic nitrogens is 1. The van der Waals surface area contributed by atoms with Gasteiger partial charge in [-0.25, -0.2) is 4.98 Å². The van der Waals surface area contributed by atoms with Crippen molar-refractivity contribution in [1.29, 1.82) is 0 Å². The molecule has 0 aliphatic heterocycles. The summed E-state index contributed by atoms with van der Waals surface area (Å²) < 4.78 is 4.92. The minimum atomic E-state index is -0.0354. The fraction of sp³-hybridized carbons (Fsp3) is 0.238. The Kier molecular flexibility index (Phi) is 7.00. The van der Waals surface area contributed by atoms with Crippen molar-refractivity contribution in [2.24, 2.45) is 0 Å². The van der Waals surface area contributed by atoms with E-state index in [1.54, 1.807) is 36.6 Å². The first-order chi connectivity index (χ1) is 13.7. The molecule has 7 heteroatoms. The second kappa shape index (κ2) is 9.87. The maximum atomic E-state index is 11.8. The average molecular weight is 398 g/mol. The van der Waals surface area contributed by atoms with E-state index in [0.717, 1.165) is 22.4 Å². The van der Waals surface area contributed by atoms with Gasteiger partial charge in [0.05, 0.1) is 12.3 Å². The molecule has 28 heavy (non-hydrogen) atoms. The van der Waals surface area contributed by atoms with Gasteiger partial charge < -0.3 is 20.5 Å². The van der Waals surface area contributed by atoms with Crippen molar-refractivity contribution < 1.29 is 14.6 Å². The molecular weight excluding hydrogens is 374 g/mol. The first-order valence-corrected chi connectivity index (χ1v) is 9.93. The number of carbonyl (C=O) groups is 1. The molecule has 0 saturated heterocycles. The Morgan fingerprint density at radius 3 is 2.79 bits per heavy atom. The van der Waals surface area contributed by atoms with Crippen molar-refractivity contribution in [2.75, 3.05) is 32.1 Å². The highest BCUT2D eigenvalue weighted by Gasteiger charge is 2.09. The van der Waals surface area contributed by atoms with Crippen LogP contribution in [-0.4, -0.2) is 42.8 Å². The van der Waals surface area contributed by atoms with Gasteiger partial charge in [-0.1, -0.05) is 12.1 Å². The van der Waals surface area contributed by atoms with E-state index in [1.807, 2.05) is 23.6 Å². The molecule has 0 spiro atoms. The van der Waals surface area contributed by atoms with Crippen LogP contribution in [0.15, 0.2) is 53.2 Å². The SMILES string of the molecule is COCCNC(=O)CCNc1cc(-c2ccsc2)cc(-c2cccc(O)c2)n1. The number of phenolic OH excluding ortho intramolecular Hbond substituents is 1. The number of nitrogens with zero attached hydrogens (tertiary/aromatic N) is 1. The zero-order chi connectivity index (χ0) is 19.8. The highest BCUT2D eigenvalue weighted by molar-refractivity contribution is 7.08. The molecule has 2 heterocycles. The fourth-order valence-electron chi connectivity index (χ4n) is 2.71. The Bertz CT molecular complexity index is 913. The van der Waals surface area contributed by atoms with Crippen molar-refractivity contribution in [3.8, 4) is 28.1 Å². The molecule has 0 saturated carbocycles. The first kappa shape index (κ1) is 19.9. The molecular formula is C21H23N3O3S. The number of benzene rings is 1. The van der Waals surface area contributed by atoms with Crippen LogP contribution >= 0.6 is 11.3 Å². The summed E-state index contributed by atoms with van der Waals surface area (Å²) in [6.45, 7) is 1.47. The molecule has 1 amide bonds. The van der Waals surface area contributed by atoms with Crippen molar-refractivity contribution in [1.82, 2.24) is 10.3 Å². The Hall–Kier alpha value is -2.90. The summed E-state index contributed by atoms with van der Waals surface area (Å²) in [5, 5.41) is 19.9. The quantitative estimate of drug-likeness (QED) is 0.479.